The van der Waals surface area contributed by atoms with E-state index in [0.29, 0.717) is 6.54 Å². The lowest BCUT2D eigenvalue weighted by Gasteiger charge is -2.06. The molecule has 0 unspecified atom stereocenters. The van der Waals surface area contributed by atoms with Crippen molar-refractivity contribution in [2.24, 2.45) is 0 Å². The Labute approximate surface area is 119 Å². The molecule has 0 radical (unpaired) electrons. The number of nitrogens with one attached hydrogen (secondary N) is 1. The first-order valence-corrected chi connectivity index (χ1v) is 7.00. The van der Waals surface area contributed by atoms with Crippen LogP contribution in [0.2, 0.25) is 0 Å². The van der Waals surface area contributed by atoms with Crippen molar-refractivity contribution in [1.29, 1.82) is 0 Å². The predicted molar refractivity (Wildman–Crippen MR) is 82.2 cm³/mol. The van der Waals surface area contributed by atoms with Gasteiger partial charge in [0, 0.05) is 23.2 Å². The van der Waals surface area contributed by atoms with Crippen LogP contribution in [0.4, 0.5) is 10.7 Å². The summed E-state index contributed by atoms with van der Waals surface area (Å²) in [5, 5.41) is 16.5. The maximum absolute atomic E-state index is 10.6. The minimum atomic E-state index is -0.357. The largest absolute Gasteiger partial charge is 0.380 e. The van der Waals surface area contributed by atoms with E-state index in [1.54, 1.807) is 12.1 Å². The van der Waals surface area contributed by atoms with Crippen LogP contribution in [0.5, 0.6) is 0 Å². The lowest BCUT2D eigenvalue weighted by molar-refractivity contribution is -0.380. The zero-order valence-electron chi connectivity index (χ0n) is 10.6. The number of nitrogens with zero attached hydrogens (tertiary/aromatic N) is 1. The van der Waals surface area contributed by atoms with Crippen LogP contribution in [0.15, 0.2) is 54.6 Å². The highest BCUT2D eigenvalue weighted by Gasteiger charge is 2.09. The highest BCUT2D eigenvalue weighted by molar-refractivity contribution is 7.15. The number of benzene rings is 2. The molecule has 100 valence electrons. The number of fused-ring (bicyclic) bond motifs is 1. The van der Waals surface area contributed by atoms with Crippen LogP contribution in [0.1, 0.15) is 4.88 Å². The van der Waals surface area contributed by atoms with Crippen LogP contribution >= 0.6 is 11.3 Å². The van der Waals surface area contributed by atoms with E-state index < -0.39 is 0 Å². The second kappa shape index (κ2) is 5.30. The summed E-state index contributed by atoms with van der Waals surface area (Å²) in [7, 11) is 0. The molecule has 0 atom stereocenters. The van der Waals surface area contributed by atoms with E-state index in [0.717, 1.165) is 10.6 Å². The highest BCUT2D eigenvalue weighted by atomic mass is 32.1. The first kappa shape index (κ1) is 12.6. The molecule has 0 saturated heterocycles. The normalized spacial score (nSPS) is 10.6. The van der Waals surface area contributed by atoms with E-state index in [-0.39, 0.29) is 9.92 Å². The van der Waals surface area contributed by atoms with E-state index in [9.17, 15) is 10.1 Å². The van der Waals surface area contributed by atoms with Crippen LogP contribution in [0.3, 0.4) is 0 Å². The van der Waals surface area contributed by atoms with Gasteiger partial charge in [0.05, 0.1) is 4.92 Å². The van der Waals surface area contributed by atoms with Gasteiger partial charge < -0.3 is 5.32 Å². The van der Waals surface area contributed by atoms with Gasteiger partial charge in [-0.2, -0.15) is 0 Å². The Bertz CT molecular complexity index is 767. The second-order valence-electron chi connectivity index (χ2n) is 4.41. The highest BCUT2D eigenvalue weighted by Crippen LogP contribution is 2.25. The topological polar surface area (TPSA) is 55.2 Å². The van der Waals surface area contributed by atoms with Gasteiger partial charge in [-0.1, -0.05) is 41.7 Å². The van der Waals surface area contributed by atoms with E-state index in [1.807, 2.05) is 18.2 Å². The molecule has 0 aliphatic rings. The Hall–Kier alpha value is -2.40. The van der Waals surface area contributed by atoms with E-state index in [1.165, 1.54) is 22.1 Å². The van der Waals surface area contributed by atoms with Crippen LogP contribution in [-0.2, 0) is 6.54 Å². The third kappa shape index (κ3) is 2.62. The molecule has 1 heterocycles. The van der Waals surface area contributed by atoms with Crippen LogP contribution in [-0.4, -0.2) is 4.92 Å². The molecule has 3 aromatic rings. The van der Waals surface area contributed by atoms with E-state index in [4.69, 9.17) is 0 Å². The fourth-order valence-electron chi connectivity index (χ4n) is 2.05. The van der Waals surface area contributed by atoms with Crippen LogP contribution in [0, 0.1) is 10.1 Å². The number of hydrogen-bond donors (Lipinski definition) is 1. The second-order valence-corrected chi connectivity index (χ2v) is 5.56. The first-order valence-electron chi connectivity index (χ1n) is 6.18. The van der Waals surface area contributed by atoms with Crippen LogP contribution < -0.4 is 5.32 Å². The number of hydrogen-bond acceptors (Lipinski definition) is 4. The van der Waals surface area contributed by atoms with E-state index >= 15 is 0 Å². The smallest absolute Gasteiger partial charge is 0.324 e. The summed E-state index contributed by atoms with van der Waals surface area (Å²) < 4.78 is 0. The van der Waals surface area contributed by atoms with Crippen molar-refractivity contribution >= 4 is 32.8 Å². The van der Waals surface area contributed by atoms with Crippen molar-refractivity contribution in [2.75, 3.05) is 5.32 Å². The van der Waals surface area contributed by atoms with Gasteiger partial charge in [0.15, 0.2) is 0 Å². The Kier molecular flexibility index (Phi) is 3.35. The average molecular weight is 284 g/mol. The standard InChI is InChI=1S/C15H12N2O2S/c18-17(19)15-8-7-14(20-15)10-16-13-6-5-11-3-1-2-4-12(11)9-13/h1-9,16H,10H2. The van der Waals surface area contributed by atoms with Crippen molar-refractivity contribution in [3.05, 3.63) is 69.6 Å². The SMILES string of the molecule is O=[N+]([O-])c1ccc(CNc2ccc3ccccc3c2)s1. The molecule has 5 heteroatoms. The Morgan fingerprint density at radius 1 is 1.05 bits per heavy atom. The van der Waals surface area contributed by atoms with E-state index in [2.05, 4.69) is 29.6 Å². The number of anilines is 1. The van der Waals surface area contributed by atoms with Crippen molar-refractivity contribution in [1.82, 2.24) is 0 Å². The predicted octanol–water partition coefficient (Wildman–Crippen LogP) is 4.42. The maximum atomic E-state index is 10.6. The zero-order valence-corrected chi connectivity index (χ0v) is 11.4. The number of nitro groups is 1. The van der Waals surface area contributed by atoms with Gasteiger partial charge in [0.25, 0.3) is 0 Å². The summed E-state index contributed by atoms with van der Waals surface area (Å²) in [6.45, 7) is 0.594. The molecule has 3 rings (SSSR count). The average Bonchev–Trinajstić information content (AvgIpc) is 2.94. The summed E-state index contributed by atoms with van der Waals surface area (Å²) in [6, 6.07) is 17.7. The number of rotatable bonds is 4. The summed E-state index contributed by atoms with van der Waals surface area (Å²) in [5.41, 5.74) is 1.01. The molecule has 0 bridgehead atoms. The molecule has 1 N–H and O–H groups in total. The molecule has 0 aliphatic heterocycles. The Morgan fingerprint density at radius 2 is 1.85 bits per heavy atom. The molecule has 0 amide bonds. The molecule has 20 heavy (non-hydrogen) atoms. The molecule has 0 spiro atoms. The van der Waals surface area contributed by atoms with Crippen molar-refractivity contribution < 1.29 is 4.92 Å². The van der Waals surface area contributed by atoms with Crippen molar-refractivity contribution in [2.45, 2.75) is 6.54 Å². The molecule has 0 fully saturated rings. The van der Waals surface area contributed by atoms with Gasteiger partial charge in [-0.15, -0.1) is 0 Å². The summed E-state index contributed by atoms with van der Waals surface area (Å²) >= 11 is 1.20. The van der Waals surface area contributed by atoms with Crippen molar-refractivity contribution in [3.8, 4) is 0 Å². The fourth-order valence-corrected chi connectivity index (χ4v) is 2.81. The monoisotopic (exact) mass is 284 g/mol. The van der Waals surface area contributed by atoms with Gasteiger partial charge in [-0.25, -0.2) is 0 Å². The van der Waals surface area contributed by atoms with Gasteiger partial charge >= 0.3 is 5.00 Å². The van der Waals surface area contributed by atoms with Gasteiger partial charge in [-0.3, -0.25) is 10.1 Å². The summed E-state index contributed by atoms with van der Waals surface area (Å²) in [6.07, 6.45) is 0. The molecule has 0 saturated carbocycles. The summed E-state index contributed by atoms with van der Waals surface area (Å²) in [5.74, 6) is 0. The molecule has 2 aromatic carbocycles. The maximum Gasteiger partial charge on any atom is 0.324 e. The lowest BCUT2D eigenvalue weighted by atomic mass is 10.1. The molecule has 4 nitrogen and oxygen atoms in total. The number of thiophene rings is 1. The van der Waals surface area contributed by atoms with Crippen LogP contribution in [0.25, 0.3) is 10.8 Å². The zero-order chi connectivity index (χ0) is 13.9. The minimum Gasteiger partial charge on any atom is -0.380 e. The minimum absolute atomic E-state index is 0.181. The quantitative estimate of drug-likeness (QED) is 0.570. The fraction of sp³-hybridized carbons (Fsp3) is 0.0667. The van der Waals surface area contributed by atoms with Gasteiger partial charge in [0.2, 0.25) is 0 Å². The summed E-state index contributed by atoms with van der Waals surface area (Å²) in [4.78, 5) is 11.2. The molecule has 1 aromatic heterocycles. The third-order valence-corrected chi connectivity index (χ3v) is 4.08. The van der Waals surface area contributed by atoms with Gasteiger partial charge in [0.1, 0.15) is 0 Å². The first-order chi connectivity index (χ1) is 9.72. The Morgan fingerprint density at radius 3 is 2.60 bits per heavy atom. The lowest BCUT2D eigenvalue weighted by Crippen LogP contribution is -1.96. The third-order valence-electron chi connectivity index (χ3n) is 3.04. The molecule has 0 aliphatic carbocycles. The molecular weight excluding hydrogens is 272 g/mol. The molecular formula is C15H12N2O2S. The Balaban J connectivity index is 1.74. The van der Waals surface area contributed by atoms with Crippen molar-refractivity contribution in [3.63, 3.8) is 0 Å². The van der Waals surface area contributed by atoms with Gasteiger partial charge in [-0.05, 0) is 29.0 Å².